The topological polar surface area (TPSA) is 98.9 Å². The molecule has 1 aliphatic rings. The molecule has 2 amide bonds. The molecule has 0 saturated carbocycles. The van der Waals surface area contributed by atoms with Gasteiger partial charge in [0.25, 0.3) is 0 Å². The van der Waals surface area contributed by atoms with E-state index in [0.29, 0.717) is 36.3 Å². The molecule has 186 valence electrons. The Kier molecular flexibility index (Phi) is 9.73. The number of piperazine rings is 1. The molecule has 0 aliphatic carbocycles. The fourth-order valence-corrected chi connectivity index (χ4v) is 4.41. The number of aliphatic hydroxyl groups is 1. The molecule has 1 heterocycles. The first-order chi connectivity index (χ1) is 15.3. The van der Waals surface area contributed by atoms with Gasteiger partial charge in [0.2, 0.25) is 11.8 Å². The highest BCUT2D eigenvalue weighted by molar-refractivity contribution is 6.33. The lowest BCUT2D eigenvalue weighted by Crippen LogP contribution is -2.64. The second-order valence-corrected chi connectivity index (χ2v) is 11.0. The number of rotatable bonds is 10. The molecule has 1 aromatic carbocycles. The van der Waals surface area contributed by atoms with Crippen LogP contribution in [0.5, 0.6) is 0 Å². The Morgan fingerprint density at radius 2 is 1.88 bits per heavy atom. The van der Waals surface area contributed by atoms with Gasteiger partial charge in [-0.15, -0.1) is 0 Å². The molecule has 33 heavy (non-hydrogen) atoms. The Morgan fingerprint density at radius 1 is 1.24 bits per heavy atom. The minimum Gasteiger partial charge on any atom is -0.391 e. The molecule has 0 bridgehead atoms. The molecule has 4 N–H and O–H groups in total. The lowest BCUT2D eigenvalue weighted by atomic mass is 9.86. The number of hydrogen-bond donors (Lipinski definition) is 3. The van der Waals surface area contributed by atoms with Crippen molar-refractivity contribution in [3.05, 3.63) is 29.3 Å². The summed E-state index contributed by atoms with van der Waals surface area (Å²) in [4.78, 5) is 29.3. The highest BCUT2D eigenvalue weighted by Crippen LogP contribution is 2.31. The van der Waals surface area contributed by atoms with Crippen LogP contribution in [0.2, 0.25) is 5.02 Å². The third-order valence-corrected chi connectivity index (χ3v) is 6.74. The number of nitrogens with two attached hydrogens (primary N) is 1. The Morgan fingerprint density at radius 3 is 2.45 bits per heavy atom. The van der Waals surface area contributed by atoms with Crippen LogP contribution in [0.4, 0.5) is 5.69 Å². The number of aliphatic hydroxyl groups excluding tert-OH is 1. The fourth-order valence-electron chi connectivity index (χ4n) is 4.17. The lowest BCUT2D eigenvalue weighted by molar-refractivity contribution is -0.127. The van der Waals surface area contributed by atoms with Crippen molar-refractivity contribution >= 4 is 29.1 Å². The molecule has 1 fully saturated rings. The quantitative estimate of drug-likeness (QED) is 0.478. The van der Waals surface area contributed by atoms with Gasteiger partial charge in [-0.05, 0) is 44.2 Å². The van der Waals surface area contributed by atoms with Gasteiger partial charge in [-0.2, -0.15) is 0 Å². The molecule has 1 aliphatic heterocycles. The van der Waals surface area contributed by atoms with Crippen LogP contribution in [0.3, 0.4) is 0 Å². The average Bonchev–Trinajstić information content (AvgIpc) is 2.72. The maximum Gasteiger partial charge on any atom is 0.241 e. The number of nitrogens with one attached hydrogen (secondary N) is 1. The van der Waals surface area contributed by atoms with E-state index in [1.165, 1.54) is 0 Å². The van der Waals surface area contributed by atoms with Gasteiger partial charge >= 0.3 is 0 Å². The third kappa shape index (κ3) is 7.41. The zero-order valence-electron chi connectivity index (χ0n) is 20.8. The van der Waals surface area contributed by atoms with E-state index < -0.39 is 12.1 Å². The molecule has 7 nitrogen and oxygen atoms in total. The maximum absolute atomic E-state index is 12.9. The molecular weight excluding hydrogens is 440 g/mol. The first kappa shape index (κ1) is 27.6. The normalized spacial score (nSPS) is 19.6. The third-order valence-electron chi connectivity index (χ3n) is 6.42. The first-order valence-electron chi connectivity index (χ1n) is 11.8. The fraction of sp³-hybridized carbons (Fsp3) is 0.680. The summed E-state index contributed by atoms with van der Waals surface area (Å²) in [6.07, 6.45) is -0.564. The molecule has 0 unspecified atom stereocenters. The van der Waals surface area contributed by atoms with E-state index in [1.54, 1.807) is 11.0 Å². The summed E-state index contributed by atoms with van der Waals surface area (Å²) in [5.41, 5.74) is 6.72. The average molecular weight is 481 g/mol. The smallest absolute Gasteiger partial charge is 0.241 e. The van der Waals surface area contributed by atoms with E-state index >= 15 is 0 Å². The number of carbonyl (C=O) groups excluding carboxylic acids is 2. The van der Waals surface area contributed by atoms with Crippen molar-refractivity contribution < 1.29 is 14.7 Å². The molecular formula is C25H41ClN4O3. The maximum atomic E-state index is 12.9. The van der Waals surface area contributed by atoms with Crippen LogP contribution < -0.4 is 16.0 Å². The molecule has 2 rings (SSSR count). The van der Waals surface area contributed by atoms with Crippen molar-refractivity contribution in [2.24, 2.45) is 23.5 Å². The van der Waals surface area contributed by atoms with E-state index in [1.807, 2.05) is 50.8 Å². The van der Waals surface area contributed by atoms with Gasteiger partial charge in [0.1, 0.15) is 0 Å². The van der Waals surface area contributed by atoms with Crippen molar-refractivity contribution in [1.82, 2.24) is 10.2 Å². The van der Waals surface area contributed by atoms with E-state index in [2.05, 4.69) is 19.2 Å². The summed E-state index contributed by atoms with van der Waals surface area (Å²) in [7, 11) is 0. The summed E-state index contributed by atoms with van der Waals surface area (Å²) < 4.78 is 0. The van der Waals surface area contributed by atoms with Crippen molar-refractivity contribution in [2.75, 3.05) is 31.1 Å². The summed E-state index contributed by atoms with van der Waals surface area (Å²) in [5, 5.41) is 14.4. The minimum absolute atomic E-state index is 0.0474. The van der Waals surface area contributed by atoms with Gasteiger partial charge in [0.05, 0.1) is 23.4 Å². The number of hydrogen-bond acceptors (Lipinski definition) is 5. The van der Waals surface area contributed by atoms with Crippen molar-refractivity contribution in [3.63, 3.8) is 0 Å². The Labute approximate surface area is 203 Å². The van der Waals surface area contributed by atoms with Crippen LogP contribution in [0.1, 0.15) is 48.0 Å². The number of halogens is 1. The first-order valence-corrected chi connectivity index (χ1v) is 12.2. The molecule has 0 radical (unpaired) electrons. The van der Waals surface area contributed by atoms with E-state index in [4.69, 9.17) is 17.3 Å². The van der Waals surface area contributed by atoms with Crippen molar-refractivity contribution in [3.8, 4) is 0 Å². The zero-order valence-corrected chi connectivity index (χ0v) is 21.6. The SMILES string of the molecule is CC(C)CNC(=O)[C@@H](C[C@H](O)[C@@H](N)CN1CC(=O)N(c2ccccc2Cl)CC1(C)C)C(C)C. The number of carbonyl (C=O) groups is 2. The second-order valence-electron chi connectivity index (χ2n) is 10.6. The lowest BCUT2D eigenvalue weighted by Gasteiger charge is -2.47. The van der Waals surface area contributed by atoms with Crippen LogP contribution in [-0.4, -0.2) is 65.7 Å². The van der Waals surface area contributed by atoms with Crippen molar-refractivity contribution in [1.29, 1.82) is 0 Å². The van der Waals surface area contributed by atoms with Crippen molar-refractivity contribution in [2.45, 2.75) is 65.6 Å². The summed E-state index contributed by atoms with van der Waals surface area (Å²) in [6.45, 7) is 13.8. The molecule has 1 aromatic rings. The zero-order chi connectivity index (χ0) is 24.9. The number of nitrogens with zero attached hydrogens (tertiary/aromatic N) is 2. The predicted octanol–water partition coefficient (Wildman–Crippen LogP) is 2.89. The van der Waals surface area contributed by atoms with Crippen LogP contribution in [0.15, 0.2) is 24.3 Å². The van der Waals surface area contributed by atoms with E-state index in [0.717, 1.165) is 0 Å². The minimum atomic E-state index is -0.852. The van der Waals surface area contributed by atoms with E-state index in [-0.39, 0.29) is 42.2 Å². The largest absolute Gasteiger partial charge is 0.391 e. The Balaban J connectivity index is 2.03. The second kappa shape index (κ2) is 11.6. The summed E-state index contributed by atoms with van der Waals surface area (Å²) >= 11 is 6.32. The summed E-state index contributed by atoms with van der Waals surface area (Å²) in [6, 6.07) is 6.74. The molecule has 0 aromatic heterocycles. The molecule has 0 spiro atoms. The monoisotopic (exact) mass is 480 g/mol. The highest BCUT2D eigenvalue weighted by Gasteiger charge is 2.40. The Bertz CT molecular complexity index is 815. The van der Waals surface area contributed by atoms with Crippen LogP contribution in [-0.2, 0) is 9.59 Å². The van der Waals surface area contributed by atoms with Gasteiger partial charge in [0, 0.05) is 37.1 Å². The van der Waals surface area contributed by atoms with Gasteiger partial charge in [-0.1, -0.05) is 51.4 Å². The van der Waals surface area contributed by atoms with Crippen LogP contribution in [0, 0.1) is 17.8 Å². The molecule has 3 atom stereocenters. The van der Waals surface area contributed by atoms with Gasteiger partial charge < -0.3 is 21.1 Å². The predicted molar refractivity (Wildman–Crippen MR) is 134 cm³/mol. The van der Waals surface area contributed by atoms with E-state index in [9.17, 15) is 14.7 Å². The van der Waals surface area contributed by atoms with Crippen LogP contribution in [0.25, 0.3) is 0 Å². The number of para-hydroxylation sites is 1. The standard InChI is InChI=1S/C25H41ClN4O3/c1-16(2)12-28-24(33)18(17(3)4)11-22(31)20(27)13-29-14-23(32)30(15-25(29,5)6)21-10-8-7-9-19(21)26/h7-10,16-18,20,22,31H,11-15,27H2,1-6H3,(H,28,33)/t18-,20-,22-/m0/s1. The number of benzene rings is 1. The molecule has 8 heteroatoms. The summed E-state index contributed by atoms with van der Waals surface area (Å²) in [5.74, 6) is 0.0110. The number of amides is 2. The van der Waals surface area contributed by atoms with Crippen LogP contribution >= 0.6 is 11.6 Å². The van der Waals surface area contributed by atoms with Gasteiger partial charge in [0.15, 0.2) is 0 Å². The highest BCUT2D eigenvalue weighted by atomic mass is 35.5. The van der Waals surface area contributed by atoms with Gasteiger partial charge in [-0.25, -0.2) is 0 Å². The Hall–Kier alpha value is -1.67. The van der Waals surface area contributed by atoms with Gasteiger partial charge in [-0.3, -0.25) is 14.5 Å². The number of anilines is 1. The molecule has 1 saturated heterocycles.